The number of ether oxygens (including phenoxy) is 1. The van der Waals surface area contributed by atoms with Crippen LogP contribution in [0.2, 0.25) is 0 Å². The van der Waals surface area contributed by atoms with Crippen LogP contribution < -0.4 is 10.1 Å². The molecule has 30 heavy (non-hydrogen) atoms. The van der Waals surface area contributed by atoms with E-state index >= 15 is 0 Å². The van der Waals surface area contributed by atoms with Gasteiger partial charge in [0, 0.05) is 11.6 Å². The summed E-state index contributed by atoms with van der Waals surface area (Å²) >= 11 is 1.56. The Labute approximate surface area is 179 Å². The fraction of sp³-hybridized carbons (Fsp3) is 0.261. The molecular formula is C23H24N4O2S. The minimum atomic E-state index is -0.208. The summed E-state index contributed by atoms with van der Waals surface area (Å²) in [5, 5.41) is 8.24. The van der Waals surface area contributed by atoms with Crippen molar-refractivity contribution < 1.29 is 9.53 Å². The molecular weight excluding hydrogens is 396 g/mol. The van der Waals surface area contributed by atoms with Gasteiger partial charge >= 0.3 is 0 Å². The first-order valence-electron chi connectivity index (χ1n) is 9.83. The quantitative estimate of drug-likeness (QED) is 0.466. The van der Waals surface area contributed by atoms with Crippen LogP contribution in [0.3, 0.4) is 0 Å². The Bertz CT molecular complexity index is 1220. The molecule has 1 N–H and O–H groups in total. The zero-order valence-corrected chi connectivity index (χ0v) is 18.5. The fourth-order valence-electron chi connectivity index (χ4n) is 3.33. The van der Waals surface area contributed by atoms with E-state index in [0.29, 0.717) is 11.4 Å². The van der Waals surface area contributed by atoms with E-state index in [2.05, 4.69) is 36.4 Å². The number of nitrogens with one attached hydrogen (secondary N) is 1. The monoisotopic (exact) mass is 420 g/mol. The number of carbonyl (C=O) groups excluding carboxylic acids is 1. The van der Waals surface area contributed by atoms with Crippen molar-refractivity contribution in [3.63, 3.8) is 0 Å². The molecule has 0 spiro atoms. The standard InChI is InChI=1S/C23H24N4O2S/c1-13(2)29-18-8-6-17(7-9-18)22(28)24-20-12-16(5)26-27(20)23-25-21-15(4)10-14(3)11-19(21)30-23/h6-13H,1-5H3,(H,24,28). The molecule has 0 aliphatic rings. The van der Waals surface area contributed by atoms with Crippen molar-refractivity contribution in [3.8, 4) is 10.9 Å². The van der Waals surface area contributed by atoms with E-state index in [1.54, 1.807) is 40.3 Å². The number of aryl methyl sites for hydroxylation is 3. The minimum Gasteiger partial charge on any atom is -0.491 e. The van der Waals surface area contributed by atoms with Gasteiger partial charge in [0.25, 0.3) is 5.91 Å². The number of anilines is 1. The van der Waals surface area contributed by atoms with Crippen molar-refractivity contribution in [1.29, 1.82) is 0 Å². The van der Waals surface area contributed by atoms with Crippen LogP contribution in [0.4, 0.5) is 5.82 Å². The summed E-state index contributed by atoms with van der Waals surface area (Å²) in [4.78, 5) is 17.6. The second-order valence-electron chi connectivity index (χ2n) is 7.65. The zero-order valence-electron chi connectivity index (χ0n) is 17.7. The maximum absolute atomic E-state index is 12.8. The van der Waals surface area contributed by atoms with Gasteiger partial charge in [0.05, 0.1) is 22.0 Å². The third-order valence-electron chi connectivity index (χ3n) is 4.56. The number of rotatable bonds is 5. The van der Waals surface area contributed by atoms with Crippen LogP contribution in [0.25, 0.3) is 15.3 Å². The van der Waals surface area contributed by atoms with Gasteiger partial charge in [-0.1, -0.05) is 17.4 Å². The number of nitrogens with zero attached hydrogens (tertiary/aromatic N) is 3. The zero-order chi connectivity index (χ0) is 21.4. The average Bonchev–Trinajstić information content (AvgIpc) is 3.25. The Kier molecular flexibility index (Phi) is 5.30. The molecule has 0 atom stereocenters. The summed E-state index contributed by atoms with van der Waals surface area (Å²) in [7, 11) is 0. The Hall–Kier alpha value is -3.19. The predicted octanol–water partition coefficient (Wildman–Crippen LogP) is 5.45. The topological polar surface area (TPSA) is 69.0 Å². The van der Waals surface area contributed by atoms with Gasteiger partial charge in [-0.15, -0.1) is 0 Å². The summed E-state index contributed by atoms with van der Waals surface area (Å²) in [6.45, 7) is 9.96. The van der Waals surface area contributed by atoms with Gasteiger partial charge in [-0.3, -0.25) is 4.79 Å². The number of hydrogen-bond acceptors (Lipinski definition) is 5. The lowest BCUT2D eigenvalue weighted by Crippen LogP contribution is -2.15. The van der Waals surface area contributed by atoms with Gasteiger partial charge in [0.15, 0.2) is 0 Å². The molecule has 0 fully saturated rings. The number of amides is 1. The normalized spacial score (nSPS) is 11.3. The predicted molar refractivity (Wildman–Crippen MR) is 121 cm³/mol. The molecule has 2 heterocycles. The Morgan fingerprint density at radius 1 is 1.10 bits per heavy atom. The highest BCUT2D eigenvalue weighted by atomic mass is 32.1. The summed E-state index contributed by atoms with van der Waals surface area (Å²) in [6, 6.07) is 13.2. The highest BCUT2D eigenvalue weighted by molar-refractivity contribution is 7.20. The number of benzene rings is 2. The van der Waals surface area contributed by atoms with E-state index in [4.69, 9.17) is 9.72 Å². The Morgan fingerprint density at radius 2 is 1.83 bits per heavy atom. The van der Waals surface area contributed by atoms with Crippen LogP contribution in [0, 0.1) is 20.8 Å². The van der Waals surface area contributed by atoms with Gasteiger partial charge in [-0.25, -0.2) is 4.98 Å². The van der Waals surface area contributed by atoms with Gasteiger partial charge < -0.3 is 10.1 Å². The average molecular weight is 421 g/mol. The summed E-state index contributed by atoms with van der Waals surface area (Å²) < 4.78 is 8.44. The number of hydrogen-bond donors (Lipinski definition) is 1. The van der Waals surface area contributed by atoms with Gasteiger partial charge in [0.2, 0.25) is 5.13 Å². The highest BCUT2D eigenvalue weighted by Crippen LogP contribution is 2.30. The van der Waals surface area contributed by atoms with E-state index < -0.39 is 0 Å². The van der Waals surface area contributed by atoms with Crippen molar-refractivity contribution in [2.24, 2.45) is 0 Å². The van der Waals surface area contributed by atoms with Crippen LogP contribution >= 0.6 is 11.3 Å². The van der Waals surface area contributed by atoms with Crippen molar-refractivity contribution in [2.45, 2.75) is 40.7 Å². The largest absolute Gasteiger partial charge is 0.491 e. The first-order valence-corrected chi connectivity index (χ1v) is 10.6. The fourth-order valence-corrected chi connectivity index (χ4v) is 4.44. The lowest BCUT2D eigenvalue weighted by molar-refractivity contribution is 0.102. The molecule has 0 radical (unpaired) electrons. The summed E-state index contributed by atoms with van der Waals surface area (Å²) in [5.74, 6) is 1.12. The van der Waals surface area contributed by atoms with Crippen molar-refractivity contribution in [3.05, 3.63) is 64.8 Å². The first-order chi connectivity index (χ1) is 14.3. The van der Waals surface area contributed by atoms with Gasteiger partial charge in [-0.2, -0.15) is 9.78 Å². The Balaban J connectivity index is 1.62. The number of thiazole rings is 1. The van der Waals surface area contributed by atoms with E-state index in [1.165, 1.54) is 5.56 Å². The molecule has 6 nitrogen and oxygen atoms in total. The number of carbonyl (C=O) groups is 1. The number of aromatic nitrogens is 3. The van der Waals surface area contributed by atoms with E-state index in [0.717, 1.165) is 32.4 Å². The van der Waals surface area contributed by atoms with Crippen LogP contribution in [0.15, 0.2) is 42.5 Å². The second kappa shape index (κ2) is 7.91. The molecule has 0 saturated carbocycles. The molecule has 0 bridgehead atoms. The highest BCUT2D eigenvalue weighted by Gasteiger charge is 2.16. The first kappa shape index (κ1) is 20.1. The molecule has 0 unspecified atom stereocenters. The molecule has 4 aromatic rings. The van der Waals surface area contributed by atoms with Crippen molar-refractivity contribution in [1.82, 2.24) is 14.8 Å². The third-order valence-corrected chi connectivity index (χ3v) is 5.54. The molecule has 0 aliphatic heterocycles. The molecule has 2 aromatic carbocycles. The maximum atomic E-state index is 12.8. The second-order valence-corrected chi connectivity index (χ2v) is 8.66. The van der Waals surface area contributed by atoms with Crippen LogP contribution in [0.5, 0.6) is 5.75 Å². The molecule has 154 valence electrons. The van der Waals surface area contributed by atoms with E-state index in [-0.39, 0.29) is 12.0 Å². The third kappa shape index (κ3) is 4.07. The smallest absolute Gasteiger partial charge is 0.256 e. The van der Waals surface area contributed by atoms with Crippen molar-refractivity contribution >= 4 is 33.3 Å². The molecule has 0 saturated heterocycles. The van der Waals surface area contributed by atoms with Crippen LogP contribution in [0.1, 0.15) is 41.0 Å². The Morgan fingerprint density at radius 3 is 2.53 bits per heavy atom. The minimum absolute atomic E-state index is 0.0863. The SMILES string of the molecule is Cc1cc(C)c2nc(-n3nc(C)cc3NC(=O)c3ccc(OC(C)C)cc3)sc2c1. The van der Waals surface area contributed by atoms with Crippen molar-refractivity contribution in [2.75, 3.05) is 5.32 Å². The molecule has 0 aliphatic carbocycles. The van der Waals surface area contributed by atoms with E-state index in [1.807, 2.05) is 26.8 Å². The van der Waals surface area contributed by atoms with Gasteiger partial charge in [-0.05, 0) is 76.1 Å². The molecule has 1 amide bonds. The molecule has 2 aromatic heterocycles. The lowest BCUT2D eigenvalue weighted by atomic mass is 10.1. The number of fused-ring (bicyclic) bond motifs is 1. The summed E-state index contributed by atoms with van der Waals surface area (Å²) in [6.07, 6.45) is 0.0863. The molecule has 4 rings (SSSR count). The summed E-state index contributed by atoms with van der Waals surface area (Å²) in [5.41, 5.74) is 4.65. The van der Waals surface area contributed by atoms with Crippen LogP contribution in [-0.4, -0.2) is 26.8 Å². The maximum Gasteiger partial charge on any atom is 0.256 e. The van der Waals surface area contributed by atoms with Gasteiger partial charge in [0.1, 0.15) is 11.6 Å². The molecule has 7 heteroatoms. The van der Waals surface area contributed by atoms with E-state index in [9.17, 15) is 4.79 Å². The van der Waals surface area contributed by atoms with Crippen LogP contribution in [-0.2, 0) is 0 Å². The lowest BCUT2D eigenvalue weighted by Gasteiger charge is -2.10.